The lowest BCUT2D eigenvalue weighted by molar-refractivity contribution is 0.175. The van der Waals surface area contributed by atoms with Crippen molar-refractivity contribution in [3.05, 3.63) is 34.9 Å². The van der Waals surface area contributed by atoms with Gasteiger partial charge in [-0.3, -0.25) is 0 Å². The van der Waals surface area contributed by atoms with Gasteiger partial charge in [-0.1, -0.05) is 0 Å². The van der Waals surface area contributed by atoms with E-state index in [4.69, 9.17) is 14.8 Å². The molecule has 2 aromatic heterocycles. The smallest absolute Gasteiger partial charge is 0.158 e. The first-order valence-electron chi connectivity index (χ1n) is 9.12. The van der Waals surface area contributed by atoms with Gasteiger partial charge in [0, 0.05) is 13.5 Å². The number of hydrogen-bond donors (Lipinski definition) is 0. The van der Waals surface area contributed by atoms with Gasteiger partial charge in [0.15, 0.2) is 11.6 Å². The third kappa shape index (κ3) is 3.65. The van der Waals surface area contributed by atoms with Crippen LogP contribution < -0.4 is 0 Å². The highest BCUT2D eigenvalue weighted by Gasteiger charge is 2.20. The summed E-state index contributed by atoms with van der Waals surface area (Å²) in [5.41, 5.74) is 2.06. The first-order chi connectivity index (χ1) is 12.6. The quantitative estimate of drug-likeness (QED) is 0.689. The van der Waals surface area contributed by atoms with Gasteiger partial charge in [-0.25, -0.2) is 14.6 Å². The van der Waals surface area contributed by atoms with Gasteiger partial charge in [-0.05, 0) is 64.0 Å². The van der Waals surface area contributed by atoms with E-state index in [2.05, 4.69) is 35.1 Å². The number of ether oxygens (including phenoxy) is 1. The van der Waals surface area contributed by atoms with Gasteiger partial charge in [0.25, 0.3) is 0 Å². The van der Waals surface area contributed by atoms with Crippen molar-refractivity contribution in [3.8, 4) is 5.69 Å². The molecule has 6 nitrogen and oxygen atoms in total. The second-order valence-corrected chi connectivity index (χ2v) is 8.36. The molecule has 26 heavy (non-hydrogen) atoms. The van der Waals surface area contributed by atoms with Crippen molar-refractivity contribution in [1.29, 1.82) is 0 Å². The van der Waals surface area contributed by atoms with E-state index in [1.54, 1.807) is 18.4 Å². The fourth-order valence-electron chi connectivity index (χ4n) is 3.59. The molecule has 3 aromatic rings. The number of fused-ring (bicyclic) bond motifs is 1. The maximum absolute atomic E-state index is 5.36. The summed E-state index contributed by atoms with van der Waals surface area (Å²) in [6, 6.07) is 6.27. The van der Waals surface area contributed by atoms with Crippen LogP contribution in [0.25, 0.3) is 15.9 Å². The molecular weight excluding hydrogens is 346 g/mol. The Labute approximate surface area is 157 Å². The number of aryl methyl sites for hydroxylation is 1. The molecule has 7 heteroatoms. The van der Waals surface area contributed by atoms with Crippen LogP contribution in [0, 0.1) is 12.8 Å². The van der Waals surface area contributed by atoms with Gasteiger partial charge in [0.1, 0.15) is 6.61 Å². The molecule has 1 fully saturated rings. The van der Waals surface area contributed by atoms with Crippen molar-refractivity contribution in [1.82, 2.24) is 24.6 Å². The third-order valence-electron chi connectivity index (χ3n) is 5.02. The van der Waals surface area contributed by atoms with Gasteiger partial charge in [0.2, 0.25) is 0 Å². The average molecular weight is 372 g/mol. The van der Waals surface area contributed by atoms with Gasteiger partial charge >= 0.3 is 0 Å². The average Bonchev–Trinajstić information content (AvgIpc) is 3.19. The molecule has 1 aromatic carbocycles. The fourth-order valence-corrected chi connectivity index (χ4v) is 4.45. The van der Waals surface area contributed by atoms with Crippen LogP contribution in [0.3, 0.4) is 0 Å². The number of nitrogens with zero attached hydrogens (tertiary/aromatic N) is 5. The Morgan fingerprint density at radius 2 is 2.04 bits per heavy atom. The minimum Gasteiger partial charge on any atom is -0.377 e. The van der Waals surface area contributed by atoms with Crippen LogP contribution in [0.4, 0.5) is 0 Å². The van der Waals surface area contributed by atoms with Crippen LogP contribution in [-0.4, -0.2) is 51.9 Å². The Bertz CT molecular complexity index is 895. The normalized spacial score (nSPS) is 16.6. The van der Waals surface area contributed by atoms with E-state index in [1.807, 2.05) is 11.6 Å². The number of hydrogen-bond acceptors (Lipinski definition) is 6. The van der Waals surface area contributed by atoms with Gasteiger partial charge in [0.05, 0.1) is 20.9 Å². The van der Waals surface area contributed by atoms with Gasteiger partial charge < -0.3 is 9.64 Å². The molecule has 1 aliphatic heterocycles. The van der Waals surface area contributed by atoms with Crippen molar-refractivity contribution in [3.63, 3.8) is 0 Å². The highest BCUT2D eigenvalue weighted by Crippen LogP contribution is 2.25. The van der Waals surface area contributed by atoms with Crippen LogP contribution in [0.15, 0.2) is 18.2 Å². The zero-order valence-electron chi connectivity index (χ0n) is 15.6. The molecule has 0 spiro atoms. The zero-order chi connectivity index (χ0) is 18.1. The second kappa shape index (κ2) is 7.42. The van der Waals surface area contributed by atoms with E-state index in [0.29, 0.717) is 12.5 Å². The number of likely N-dealkylation sites (tertiary alicyclic amines) is 1. The molecule has 138 valence electrons. The minimum atomic E-state index is 0.458. The molecule has 1 aliphatic rings. The van der Waals surface area contributed by atoms with Crippen molar-refractivity contribution < 1.29 is 4.74 Å². The Hall–Kier alpha value is -1.83. The number of thiazole rings is 1. The summed E-state index contributed by atoms with van der Waals surface area (Å²) in [4.78, 5) is 11.7. The number of piperidine rings is 1. The van der Waals surface area contributed by atoms with E-state index >= 15 is 0 Å². The van der Waals surface area contributed by atoms with Crippen LogP contribution in [0.5, 0.6) is 0 Å². The molecule has 0 amide bonds. The van der Waals surface area contributed by atoms with Crippen LogP contribution in [0.1, 0.15) is 29.5 Å². The molecule has 1 saturated heterocycles. The predicted molar refractivity (Wildman–Crippen MR) is 104 cm³/mol. The fraction of sp³-hybridized carbons (Fsp3) is 0.526. The SMILES string of the molecule is COCc1nc(CC2CCN(C)CC2)nn1-c1ccc2nc(C)sc2c1. The topological polar surface area (TPSA) is 56.1 Å². The van der Waals surface area contributed by atoms with Crippen molar-refractivity contribution >= 4 is 21.6 Å². The Kier molecular flexibility index (Phi) is 5.02. The summed E-state index contributed by atoms with van der Waals surface area (Å²) in [6.45, 7) is 4.82. The van der Waals surface area contributed by atoms with Crippen LogP contribution in [-0.2, 0) is 17.8 Å². The first-order valence-corrected chi connectivity index (χ1v) is 9.94. The molecule has 0 atom stereocenters. The summed E-state index contributed by atoms with van der Waals surface area (Å²) in [7, 11) is 3.89. The summed E-state index contributed by atoms with van der Waals surface area (Å²) >= 11 is 1.71. The standard InChI is InChI=1S/C19H25N5OS/c1-13-20-16-5-4-15(11-17(16)26-13)24-19(12-25-3)21-18(22-24)10-14-6-8-23(2)9-7-14/h4-5,11,14H,6-10,12H2,1-3H3. The van der Waals surface area contributed by atoms with Crippen molar-refractivity contribution in [2.45, 2.75) is 32.8 Å². The number of methoxy groups -OCH3 is 1. The highest BCUT2D eigenvalue weighted by atomic mass is 32.1. The maximum atomic E-state index is 5.36. The molecule has 4 rings (SSSR count). The van der Waals surface area contributed by atoms with Crippen molar-refractivity contribution in [2.75, 3.05) is 27.2 Å². The van der Waals surface area contributed by atoms with E-state index < -0.39 is 0 Å². The Morgan fingerprint density at radius 1 is 1.23 bits per heavy atom. The maximum Gasteiger partial charge on any atom is 0.158 e. The molecular formula is C19H25N5OS. The van der Waals surface area contributed by atoms with Crippen LogP contribution in [0.2, 0.25) is 0 Å². The highest BCUT2D eigenvalue weighted by molar-refractivity contribution is 7.18. The summed E-state index contributed by atoms with van der Waals surface area (Å²) in [6.07, 6.45) is 3.38. The molecule has 0 bridgehead atoms. The van der Waals surface area contributed by atoms with Crippen molar-refractivity contribution in [2.24, 2.45) is 5.92 Å². The zero-order valence-corrected chi connectivity index (χ0v) is 16.4. The molecule has 0 unspecified atom stereocenters. The predicted octanol–water partition coefficient (Wildman–Crippen LogP) is 3.22. The third-order valence-corrected chi connectivity index (χ3v) is 5.96. The Balaban J connectivity index is 1.62. The number of aromatic nitrogens is 4. The van der Waals surface area contributed by atoms with Gasteiger partial charge in [-0.2, -0.15) is 5.10 Å². The molecule has 0 N–H and O–H groups in total. The summed E-state index contributed by atoms with van der Waals surface area (Å²) in [5, 5.41) is 5.90. The minimum absolute atomic E-state index is 0.458. The lowest BCUT2D eigenvalue weighted by Gasteiger charge is -2.28. The monoisotopic (exact) mass is 371 g/mol. The van der Waals surface area contributed by atoms with Gasteiger partial charge in [-0.15, -0.1) is 11.3 Å². The second-order valence-electron chi connectivity index (χ2n) is 7.12. The summed E-state index contributed by atoms with van der Waals surface area (Å²) in [5.74, 6) is 2.45. The largest absolute Gasteiger partial charge is 0.377 e. The Morgan fingerprint density at radius 3 is 2.81 bits per heavy atom. The number of benzene rings is 1. The first kappa shape index (κ1) is 17.6. The molecule has 3 heterocycles. The van der Waals surface area contributed by atoms with E-state index in [9.17, 15) is 0 Å². The van der Waals surface area contributed by atoms with E-state index in [-0.39, 0.29) is 0 Å². The summed E-state index contributed by atoms with van der Waals surface area (Å²) < 4.78 is 8.47. The molecule has 0 saturated carbocycles. The lowest BCUT2D eigenvalue weighted by Crippen LogP contribution is -2.31. The van der Waals surface area contributed by atoms with E-state index in [0.717, 1.165) is 47.4 Å². The molecule has 0 aliphatic carbocycles. The van der Waals surface area contributed by atoms with E-state index in [1.165, 1.54) is 17.5 Å². The van der Waals surface area contributed by atoms with Crippen LogP contribution >= 0.6 is 11.3 Å². The number of rotatable bonds is 5. The molecule has 0 radical (unpaired) electrons. The lowest BCUT2D eigenvalue weighted by atomic mass is 9.94.